The third-order valence-electron chi connectivity index (χ3n) is 3.97. The van der Waals surface area contributed by atoms with Gasteiger partial charge in [0.2, 0.25) is 5.91 Å². The number of nitrogens with one attached hydrogen (secondary N) is 1. The zero-order chi connectivity index (χ0) is 16.9. The molecule has 0 aliphatic carbocycles. The summed E-state index contributed by atoms with van der Waals surface area (Å²) in [7, 11) is 0. The molecule has 1 N–H and O–H groups in total. The number of carbonyl (C=O) groups excluding carboxylic acids is 4. The first-order valence-electron chi connectivity index (χ1n) is 7.35. The molecule has 2 aliphatic rings. The molecule has 2 heterocycles. The van der Waals surface area contributed by atoms with Crippen LogP contribution in [0, 0.1) is 0 Å². The maximum Gasteiger partial charge on any atom is 0.343 e. The van der Waals surface area contributed by atoms with Gasteiger partial charge in [-0.25, -0.2) is 9.80 Å². The van der Waals surface area contributed by atoms with Crippen molar-refractivity contribution in [3.63, 3.8) is 0 Å². The van der Waals surface area contributed by atoms with Gasteiger partial charge in [0.1, 0.15) is 0 Å². The van der Waals surface area contributed by atoms with E-state index in [2.05, 4.69) is 5.32 Å². The van der Waals surface area contributed by atoms with Gasteiger partial charge in [-0.1, -0.05) is 32.9 Å². The summed E-state index contributed by atoms with van der Waals surface area (Å²) in [6, 6.07) is 4.37. The summed E-state index contributed by atoms with van der Waals surface area (Å²) in [5.41, 5.74) is 1.04. The number of urea groups is 1. The van der Waals surface area contributed by atoms with E-state index in [1.165, 1.54) is 0 Å². The van der Waals surface area contributed by atoms with Crippen molar-refractivity contribution in [1.82, 2.24) is 15.3 Å². The summed E-state index contributed by atoms with van der Waals surface area (Å²) in [4.78, 5) is 48.6. The summed E-state index contributed by atoms with van der Waals surface area (Å²) in [5.74, 6) is -1.49. The Balaban J connectivity index is 2.05. The molecule has 1 aromatic carbocycles. The topological polar surface area (TPSA) is 86.8 Å². The van der Waals surface area contributed by atoms with Crippen LogP contribution in [-0.2, 0) is 10.2 Å². The average Bonchev–Trinajstić information content (AvgIpc) is 2.71. The first-order chi connectivity index (χ1) is 10.7. The van der Waals surface area contributed by atoms with Crippen LogP contribution >= 0.6 is 0 Å². The molecule has 23 heavy (non-hydrogen) atoms. The van der Waals surface area contributed by atoms with Gasteiger partial charge >= 0.3 is 6.03 Å². The largest absolute Gasteiger partial charge is 0.343 e. The zero-order valence-electron chi connectivity index (χ0n) is 13.2. The van der Waals surface area contributed by atoms with Gasteiger partial charge < -0.3 is 0 Å². The van der Waals surface area contributed by atoms with Crippen LogP contribution in [-0.4, -0.2) is 40.3 Å². The van der Waals surface area contributed by atoms with Gasteiger partial charge in [0.05, 0.1) is 17.7 Å². The predicted octanol–water partition coefficient (Wildman–Crippen LogP) is 1.44. The molecular weight excluding hydrogens is 298 g/mol. The van der Waals surface area contributed by atoms with Gasteiger partial charge in [0.15, 0.2) is 0 Å². The zero-order valence-corrected chi connectivity index (χ0v) is 13.2. The SMILES string of the molecule is CC(C)(C)c1cccc2c1C(=O)N(N1CCC(=O)NC1=O)C2=O. The maximum atomic E-state index is 12.8. The lowest BCUT2D eigenvalue weighted by molar-refractivity contribution is -0.122. The molecule has 0 bridgehead atoms. The van der Waals surface area contributed by atoms with E-state index in [0.717, 1.165) is 15.6 Å². The Bertz CT molecular complexity index is 748. The van der Waals surface area contributed by atoms with Gasteiger partial charge in [-0.05, 0) is 17.0 Å². The second-order valence-electron chi connectivity index (χ2n) is 6.63. The fourth-order valence-electron chi connectivity index (χ4n) is 2.86. The fourth-order valence-corrected chi connectivity index (χ4v) is 2.86. The third kappa shape index (κ3) is 2.28. The monoisotopic (exact) mass is 315 g/mol. The van der Waals surface area contributed by atoms with Crippen LogP contribution in [0.25, 0.3) is 0 Å². The lowest BCUT2D eigenvalue weighted by Gasteiger charge is -2.32. The van der Waals surface area contributed by atoms with E-state index in [0.29, 0.717) is 5.56 Å². The molecule has 5 amide bonds. The molecule has 120 valence electrons. The molecule has 0 unspecified atom stereocenters. The van der Waals surface area contributed by atoms with Crippen LogP contribution in [0.4, 0.5) is 4.79 Å². The maximum absolute atomic E-state index is 12.8. The standard InChI is InChI=1S/C16H17N3O4/c1-16(2,3)10-6-4-5-9-12(10)14(22)19(13(9)21)18-8-7-11(20)17-15(18)23/h4-6H,7-8H2,1-3H3,(H,17,20,23). The molecule has 1 aromatic rings. The van der Waals surface area contributed by atoms with Crippen LogP contribution in [0.15, 0.2) is 18.2 Å². The van der Waals surface area contributed by atoms with Crippen molar-refractivity contribution in [2.45, 2.75) is 32.6 Å². The number of rotatable bonds is 1. The Morgan fingerprint density at radius 2 is 1.74 bits per heavy atom. The van der Waals surface area contributed by atoms with Crippen LogP contribution in [0.1, 0.15) is 53.5 Å². The van der Waals surface area contributed by atoms with Crippen molar-refractivity contribution in [3.05, 3.63) is 34.9 Å². The van der Waals surface area contributed by atoms with Gasteiger partial charge in [-0.3, -0.25) is 19.7 Å². The van der Waals surface area contributed by atoms with Crippen molar-refractivity contribution < 1.29 is 19.2 Å². The number of nitrogens with zero attached hydrogens (tertiary/aromatic N) is 2. The van der Waals surface area contributed by atoms with Gasteiger partial charge in [0.25, 0.3) is 11.8 Å². The number of amides is 5. The minimum atomic E-state index is -0.756. The predicted molar refractivity (Wildman–Crippen MR) is 80.5 cm³/mol. The average molecular weight is 315 g/mol. The lowest BCUT2D eigenvalue weighted by Crippen LogP contribution is -2.58. The number of hydrazine groups is 1. The quantitative estimate of drug-likeness (QED) is 0.794. The first kappa shape index (κ1) is 15.2. The number of imide groups is 2. The van der Waals surface area contributed by atoms with Crippen molar-refractivity contribution in [2.24, 2.45) is 0 Å². The molecule has 1 saturated heterocycles. The molecule has 7 heteroatoms. The van der Waals surface area contributed by atoms with E-state index in [1.54, 1.807) is 12.1 Å². The molecule has 2 aliphatic heterocycles. The van der Waals surface area contributed by atoms with Gasteiger partial charge in [-0.15, -0.1) is 0 Å². The fraction of sp³-hybridized carbons (Fsp3) is 0.375. The normalized spacial score (nSPS) is 18.4. The van der Waals surface area contributed by atoms with Crippen molar-refractivity contribution in [3.8, 4) is 0 Å². The van der Waals surface area contributed by atoms with Crippen LogP contribution in [0.3, 0.4) is 0 Å². The molecule has 1 fully saturated rings. The van der Waals surface area contributed by atoms with Crippen molar-refractivity contribution >= 4 is 23.8 Å². The van der Waals surface area contributed by atoms with E-state index in [4.69, 9.17) is 0 Å². The number of hydrogen-bond acceptors (Lipinski definition) is 4. The summed E-state index contributed by atoms with van der Waals surface area (Å²) >= 11 is 0. The highest BCUT2D eigenvalue weighted by molar-refractivity contribution is 6.22. The highest BCUT2D eigenvalue weighted by atomic mass is 16.2. The second kappa shape index (κ2) is 4.91. The molecule has 0 saturated carbocycles. The molecular formula is C16H17N3O4. The molecule has 0 atom stereocenters. The molecule has 3 rings (SSSR count). The highest BCUT2D eigenvalue weighted by Gasteiger charge is 2.45. The Morgan fingerprint density at radius 3 is 2.35 bits per heavy atom. The molecule has 0 spiro atoms. The number of fused-ring (bicyclic) bond motifs is 1. The van der Waals surface area contributed by atoms with E-state index in [1.807, 2.05) is 26.8 Å². The number of hydrogen-bond donors (Lipinski definition) is 1. The summed E-state index contributed by atoms with van der Waals surface area (Å²) in [5, 5.41) is 3.95. The van der Waals surface area contributed by atoms with Gasteiger partial charge in [-0.2, -0.15) is 5.01 Å². The summed E-state index contributed by atoms with van der Waals surface area (Å²) in [6.07, 6.45) is 0.0469. The minimum Gasteiger partial charge on any atom is -0.276 e. The van der Waals surface area contributed by atoms with E-state index in [9.17, 15) is 19.2 Å². The smallest absolute Gasteiger partial charge is 0.276 e. The van der Waals surface area contributed by atoms with Gasteiger partial charge in [0, 0.05) is 6.42 Å². The Kier molecular flexibility index (Phi) is 3.24. The summed E-state index contributed by atoms with van der Waals surface area (Å²) < 4.78 is 0. The van der Waals surface area contributed by atoms with Crippen LogP contribution in [0.2, 0.25) is 0 Å². The van der Waals surface area contributed by atoms with Crippen molar-refractivity contribution in [2.75, 3.05) is 6.54 Å². The summed E-state index contributed by atoms with van der Waals surface area (Å²) in [6.45, 7) is 5.86. The lowest BCUT2D eigenvalue weighted by atomic mass is 9.82. The minimum absolute atomic E-state index is 0.000979. The Morgan fingerprint density at radius 1 is 1.04 bits per heavy atom. The molecule has 0 radical (unpaired) electrons. The Labute approximate surface area is 133 Å². The highest BCUT2D eigenvalue weighted by Crippen LogP contribution is 2.34. The van der Waals surface area contributed by atoms with E-state index >= 15 is 0 Å². The van der Waals surface area contributed by atoms with E-state index < -0.39 is 23.8 Å². The Hall–Kier alpha value is -2.70. The third-order valence-corrected chi connectivity index (χ3v) is 3.97. The first-order valence-corrected chi connectivity index (χ1v) is 7.35. The van der Waals surface area contributed by atoms with Crippen LogP contribution < -0.4 is 5.32 Å². The van der Waals surface area contributed by atoms with Crippen molar-refractivity contribution in [1.29, 1.82) is 0 Å². The molecule has 7 nitrogen and oxygen atoms in total. The second-order valence-corrected chi connectivity index (χ2v) is 6.63. The van der Waals surface area contributed by atoms with E-state index in [-0.39, 0.29) is 23.9 Å². The number of benzene rings is 1. The van der Waals surface area contributed by atoms with Crippen LogP contribution in [0.5, 0.6) is 0 Å². The number of carbonyl (C=O) groups is 4. The molecule has 0 aromatic heterocycles.